The zero-order chi connectivity index (χ0) is 10.4. The second-order valence-electron chi connectivity index (χ2n) is 2.47. The zero-order valence-electron chi connectivity index (χ0n) is 7.79. The number of ether oxygens (including phenoxy) is 1. The van der Waals surface area contributed by atoms with Crippen molar-refractivity contribution in [3.05, 3.63) is 20.8 Å². The maximum absolute atomic E-state index is 5.37. The van der Waals surface area contributed by atoms with Gasteiger partial charge in [0.25, 0.3) is 0 Å². The number of hydrogen-bond acceptors (Lipinski definition) is 4. The van der Waals surface area contributed by atoms with Crippen molar-refractivity contribution < 1.29 is 4.74 Å². The highest BCUT2D eigenvalue weighted by atomic mass is 79.9. The Hall–Kier alpha value is -0.430. The van der Waals surface area contributed by atoms with E-state index >= 15 is 0 Å². The van der Waals surface area contributed by atoms with Crippen molar-refractivity contribution >= 4 is 33.1 Å². The van der Waals surface area contributed by atoms with E-state index in [1.54, 1.807) is 18.4 Å². The minimum absolute atomic E-state index is 0.595. The van der Waals surface area contributed by atoms with Gasteiger partial charge in [0.05, 0.1) is 21.8 Å². The third-order valence-corrected chi connectivity index (χ3v) is 3.14. The van der Waals surface area contributed by atoms with E-state index in [2.05, 4.69) is 26.3 Å². The number of halogens is 1. The first-order valence-electron chi connectivity index (χ1n) is 4.03. The molecule has 0 amide bonds. The van der Waals surface area contributed by atoms with Crippen LogP contribution in [0.5, 0.6) is 0 Å². The van der Waals surface area contributed by atoms with E-state index in [9.17, 15) is 0 Å². The lowest BCUT2D eigenvalue weighted by Crippen LogP contribution is -2.30. The highest BCUT2D eigenvalue weighted by Crippen LogP contribution is 2.21. The molecule has 0 radical (unpaired) electrons. The van der Waals surface area contributed by atoms with Gasteiger partial charge >= 0.3 is 0 Å². The summed E-state index contributed by atoms with van der Waals surface area (Å²) in [7, 11) is 1.65. The quantitative estimate of drug-likeness (QED) is 0.287. The molecule has 78 valence electrons. The van der Waals surface area contributed by atoms with Crippen molar-refractivity contribution in [2.75, 3.05) is 20.3 Å². The zero-order valence-corrected chi connectivity index (χ0v) is 10.2. The standard InChI is InChI=1S/C8H12BrN3OS/c1-13-5-4-11-8(12-10)6-2-3-7(9)14-6/h2-3H,4-5,10H2,1H3,(H,11,12). The van der Waals surface area contributed by atoms with Crippen LogP contribution in [0.2, 0.25) is 0 Å². The fourth-order valence-electron chi connectivity index (χ4n) is 0.885. The van der Waals surface area contributed by atoms with Crippen molar-refractivity contribution in [3.63, 3.8) is 0 Å². The van der Waals surface area contributed by atoms with Crippen LogP contribution in [-0.2, 0) is 4.74 Å². The van der Waals surface area contributed by atoms with Crippen LogP contribution >= 0.6 is 27.3 Å². The molecule has 0 bridgehead atoms. The van der Waals surface area contributed by atoms with Gasteiger partial charge in [-0.15, -0.1) is 11.3 Å². The lowest BCUT2D eigenvalue weighted by molar-refractivity contribution is 0.208. The van der Waals surface area contributed by atoms with Crippen LogP contribution in [0.25, 0.3) is 0 Å². The van der Waals surface area contributed by atoms with Gasteiger partial charge in [0.2, 0.25) is 0 Å². The van der Waals surface area contributed by atoms with Crippen molar-refractivity contribution in [3.8, 4) is 0 Å². The number of hydrogen-bond donors (Lipinski definition) is 2. The number of hydrazine groups is 1. The highest BCUT2D eigenvalue weighted by molar-refractivity contribution is 9.11. The summed E-state index contributed by atoms with van der Waals surface area (Å²) in [5, 5.41) is 0. The molecule has 1 heterocycles. The fraction of sp³-hybridized carbons (Fsp3) is 0.375. The average molecular weight is 278 g/mol. The Morgan fingerprint density at radius 1 is 1.71 bits per heavy atom. The van der Waals surface area contributed by atoms with Crippen molar-refractivity contribution in [1.82, 2.24) is 5.43 Å². The van der Waals surface area contributed by atoms with E-state index in [4.69, 9.17) is 10.6 Å². The Kier molecular flexibility index (Phi) is 5.10. The second kappa shape index (κ2) is 6.13. The Balaban J connectivity index is 2.66. The molecule has 1 aromatic heterocycles. The molecule has 0 atom stereocenters. The minimum Gasteiger partial charge on any atom is -0.383 e. The smallest absolute Gasteiger partial charge is 0.152 e. The largest absolute Gasteiger partial charge is 0.383 e. The molecule has 0 fully saturated rings. The molecule has 0 spiro atoms. The molecule has 0 aromatic carbocycles. The first-order chi connectivity index (χ1) is 6.77. The molecule has 14 heavy (non-hydrogen) atoms. The van der Waals surface area contributed by atoms with Crippen LogP contribution in [0.3, 0.4) is 0 Å². The second-order valence-corrected chi connectivity index (χ2v) is 4.93. The molecule has 4 nitrogen and oxygen atoms in total. The summed E-state index contributed by atoms with van der Waals surface area (Å²) in [5.74, 6) is 6.06. The number of rotatable bonds is 4. The minimum atomic E-state index is 0.595. The number of methoxy groups -OCH3 is 1. The predicted octanol–water partition coefficient (Wildman–Crippen LogP) is 1.37. The molecular weight excluding hydrogens is 266 g/mol. The van der Waals surface area contributed by atoms with Gasteiger partial charge in [-0.25, -0.2) is 5.84 Å². The average Bonchev–Trinajstić information content (AvgIpc) is 2.60. The highest BCUT2D eigenvalue weighted by Gasteiger charge is 2.03. The molecule has 0 aliphatic rings. The first kappa shape index (κ1) is 11.6. The lowest BCUT2D eigenvalue weighted by atomic mass is 10.4. The van der Waals surface area contributed by atoms with Gasteiger partial charge in [-0.1, -0.05) is 0 Å². The summed E-state index contributed by atoms with van der Waals surface area (Å²) in [4.78, 5) is 5.27. The topological polar surface area (TPSA) is 59.6 Å². The van der Waals surface area contributed by atoms with E-state index in [1.165, 1.54) is 0 Å². The molecule has 1 rings (SSSR count). The Labute approximate surface area is 95.3 Å². The maximum Gasteiger partial charge on any atom is 0.152 e. The molecule has 6 heteroatoms. The maximum atomic E-state index is 5.37. The molecule has 0 unspecified atom stereocenters. The van der Waals surface area contributed by atoms with Crippen LogP contribution in [0.1, 0.15) is 4.88 Å². The molecular formula is C8H12BrN3OS. The van der Waals surface area contributed by atoms with E-state index < -0.39 is 0 Å². The number of thiophene rings is 1. The summed E-state index contributed by atoms with van der Waals surface area (Å²) in [6.45, 7) is 1.20. The van der Waals surface area contributed by atoms with Gasteiger partial charge in [-0.2, -0.15) is 0 Å². The Morgan fingerprint density at radius 3 is 3.00 bits per heavy atom. The van der Waals surface area contributed by atoms with Crippen LogP contribution in [0.15, 0.2) is 20.9 Å². The number of nitrogens with zero attached hydrogens (tertiary/aromatic N) is 1. The van der Waals surface area contributed by atoms with Gasteiger partial charge in [-0.3, -0.25) is 4.99 Å². The summed E-state index contributed by atoms with van der Waals surface area (Å²) in [5.41, 5.74) is 2.57. The lowest BCUT2D eigenvalue weighted by Gasteiger charge is -2.02. The van der Waals surface area contributed by atoms with Crippen molar-refractivity contribution in [1.29, 1.82) is 0 Å². The third kappa shape index (κ3) is 3.38. The Morgan fingerprint density at radius 2 is 2.50 bits per heavy atom. The van der Waals surface area contributed by atoms with Crippen LogP contribution in [-0.4, -0.2) is 26.1 Å². The number of aliphatic imine (C=N–C) groups is 1. The van der Waals surface area contributed by atoms with Crippen LogP contribution in [0.4, 0.5) is 0 Å². The fourth-order valence-corrected chi connectivity index (χ4v) is 2.24. The SMILES string of the molecule is COCCN=C(NN)c1ccc(Br)s1. The Bertz CT molecular complexity index is 313. The molecule has 0 saturated carbocycles. The first-order valence-corrected chi connectivity index (χ1v) is 5.64. The predicted molar refractivity (Wildman–Crippen MR) is 62.6 cm³/mol. The molecule has 0 saturated heterocycles. The monoisotopic (exact) mass is 277 g/mol. The number of amidine groups is 1. The summed E-state index contributed by atoms with van der Waals surface area (Å²) in [6, 6.07) is 3.92. The molecule has 0 aliphatic heterocycles. The van der Waals surface area contributed by atoms with Gasteiger partial charge in [0.15, 0.2) is 5.84 Å². The van der Waals surface area contributed by atoms with Gasteiger partial charge < -0.3 is 10.2 Å². The molecule has 0 aliphatic carbocycles. The summed E-state index contributed by atoms with van der Waals surface area (Å²) < 4.78 is 5.95. The van der Waals surface area contributed by atoms with Crippen LogP contribution in [0, 0.1) is 0 Å². The van der Waals surface area contributed by atoms with Crippen LogP contribution < -0.4 is 11.3 Å². The van der Waals surface area contributed by atoms with E-state index in [0.29, 0.717) is 19.0 Å². The van der Waals surface area contributed by atoms with E-state index in [-0.39, 0.29) is 0 Å². The van der Waals surface area contributed by atoms with E-state index in [0.717, 1.165) is 8.66 Å². The van der Waals surface area contributed by atoms with Gasteiger partial charge in [-0.05, 0) is 28.1 Å². The number of nitrogens with two attached hydrogens (primary N) is 1. The normalized spacial score (nSPS) is 11.8. The number of nitrogens with one attached hydrogen (secondary N) is 1. The third-order valence-electron chi connectivity index (χ3n) is 1.51. The summed E-state index contributed by atoms with van der Waals surface area (Å²) in [6.07, 6.45) is 0. The molecule has 1 aromatic rings. The van der Waals surface area contributed by atoms with Crippen molar-refractivity contribution in [2.24, 2.45) is 10.8 Å². The summed E-state index contributed by atoms with van der Waals surface area (Å²) >= 11 is 4.96. The van der Waals surface area contributed by atoms with E-state index in [1.807, 2.05) is 12.1 Å². The van der Waals surface area contributed by atoms with Gasteiger partial charge in [0.1, 0.15) is 0 Å². The van der Waals surface area contributed by atoms with Gasteiger partial charge in [0, 0.05) is 7.11 Å². The molecule has 3 N–H and O–H groups in total. The van der Waals surface area contributed by atoms with Crippen molar-refractivity contribution in [2.45, 2.75) is 0 Å².